The topological polar surface area (TPSA) is 25.2 Å². The van der Waals surface area contributed by atoms with Crippen molar-refractivity contribution in [3.05, 3.63) is 23.7 Å². The molecule has 2 nitrogen and oxygen atoms in total. The molecule has 1 heterocycles. The summed E-state index contributed by atoms with van der Waals surface area (Å²) in [7, 11) is 0. The fourth-order valence-corrected chi connectivity index (χ4v) is 1.95. The highest BCUT2D eigenvalue weighted by molar-refractivity contribution is 5.04. The van der Waals surface area contributed by atoms with Gasteiger partial charge < -0.3 is 9.73 Å². The Hall–Kier alpha value is -0.760. The first-order valence-electron chi connectivity index (χ1n) is 6.94. The number of rotatable bonds is 9. The van der Waals surface area contributed by atoms with Crippen molar-refractivity contribution in [3.8, 4) is 0 Å². The molecule has 1 rings (SSSR count). The zero-order valence-electron chi connectivity index (χ0n) is 11.6. The summed E-state index contributed by atoms with van der Waals surface area (Å²) in [5, 5.41) is 3.42. The van der Waals surface area contributed by atoms with Crippen molar-refractivity contribution in [1.82, 2.24) is 5.32 Å². The molecule has 0 aromatic carbocycles. The van der Waals surface area contributed by atoms with Crippen molar-refractivity contribution in [2.45, 2.75) is 59.4 Å². The van der Waals surface area contributed by atoms with Crippen LogP contribution in [0.5, 0.6) is 0 Å². The second kappa shape index (κ2) is 8.35. The van der Waals surface area contributed by atoms with E-state index in [0.717, 1.165) is 30.5 Å². The van der Waals surface area contributed by atoms with Gasteiger partial charge >= 0.3 is 0 Å². The van der Waals surface area contributed by atoms with Crippen LogP contribution in [0.1, 0.15) is 57.5 Å². The van der Waals surface area contributed by atoms with Crippen molar-refractivity contribution in [2.75, 3.05) is 6.54 Å². The molecule has 17 heavy (non-hydrogen) atoms. The molecular weight excluding hydrogens is 210 g/mol. The number of hydrogen-bond donors (Lipinski definition) is 1. The average Bonchev–Trinajstić information content (AvgIpc) is 2.68. The lowest BCUT2D eigenvalue weighted by atomic mass is 10.0. The van der Waals surface area contributed by atoms with Crippen LogP contribution in [0.25, 0.3) is 0 Å². The SMILES string of the molecule is Cc1ccc(CNCCCCCCC(C)C)o1. The van der Waals surface area contributed by atoms with Crippen LogP contribution in [0.3, 0.4) is 0 Å². The fraction of sp³-hybridized carbons (Fsp3) is 0.733. The summed E-state index contributed by atoms with van der Waals surface area (Å²) < 4.78 is 5.49. The third kappa shape index (κ3) is 7.22. The predicted octanol–water partition coefficient (Wildman–Crippen LogP) is 4.28. The monoisotopic (exact) mass is 237 g/mol. The minimum absolute atomic E-state index is 0.857. The number of furan rings is 1. The van der Waals surface area contributed by atoms with Gasteiger partial charge in [-0.05, 0) is 37.9 Å². The molecule has 0 unspecified atom stereocenters. The van der Waals surface area contributed by atoms with Crippen molar-refractivity contribution in [1.29, 1.82) is 0 Å². The normalized spacial score (nSPS) is 11.3. The highest BCUT2D eigenvalue weighted by Gasteiger charge is 1.97. The molecule has 98 valence electrons. The third-order valence-electron chi connectivity index (χ3n) is 2.98. The Morgan fingerprint density at radius 3 is 2.53 bits per heavy atom. The Morgan fingerprint density at radius 1 is 1.12 bits per heavy atom. The number of hydrogen-bond acceptors (Lipinski definition) is 2. The number of nitrogens with one attached hydrogen (secondary N) is 1. The van der Waals surface area contributed by atoms with Gasteiger partial charge in [0.15, 0.2) is 0 Å². The van der Waals surface area contributed by atoms with Gasteiger partial charge in [0.25, 0.3) is 0 Å². The van der Waals surface area contributed by atoms with Crippen molar-refractivity contribution in [3.63, 3.8) is 0 Å². The molecule has 0 bridgehead atoms. The van der Waals surface area contributed by atoms with Crippen LogP contribution >= 0.6 is 0 Å². The molecule has 0 radical (unpaired) electrons. The van der Waals surface area contributed by atoms with E-state index in [1.807, 2.05) is 19.1 Å². The average molecular weight is 237 g/mol. The van der Waals surface area contributed by atoms with E-state index in [0.29, 0.717) is 0 Å². The second-order valence-electron chi connectivity index (χ2n) is 5.29. The smallest absolute Gasteiger partial charge is 0.117 e. The van der Waals surface area contributed by atoms with Crippen LogP contribution in [-0.4, -0.2) is 6.54 Å². The fourth-order valence-electron chi connectivity index (χ4n) is 1.95. The molecule has 2 heteroatoms. The van der Waals surface area contributed by atoms with E-state index in [4.69, 9.17) is 4.42 Å². The molecular formula is C15H27NO. The Balaban J connectivity index is 1.88. The molecule has 0 aliphatic rings. The van der Waals surface area contributed by atoms with Crippen LogP contribution in [0.4, 0.5) is 0 Å². The highest BCUT2D eigenvalue weighted by atomic mass is 16.3. The molecule has 0 saturated carbocycles. The van der Waals surface area contributed by atoms with Crippen LogP contribution in [0, 0.1) is 12.8 Å². The molecule has 0 aliphatic heterocycles. The van der Waals surface area contributed by atoms with E-state index >= 15 is 0 Å². The quantitative estimate of drug-likeness (QED) is 0.648. The second-order valence-corrected chi connectivity index (χ2v) is 5.29. The largest absolute Gasteiger partial charge is 0.465 e. The van der Waals surface area contributed by atoms with Crippen LogP contribution in [-0.2, 0) is 6.54 Å². The van der Waals surface area contributed by atoms with Gasteiger partial charge in [0, 0.05) is 0 Å². The molecule has 1 aromatic heterocycles. The molecule has 0 saturated heterocycles. The Morgan fingerprint density at radius 2 is 1.88 bits per heavy atom. The van der Waals surface area contributed by atoms with E-state index in [1.165, 1.54) is 32.1 Å². The van der Waals surface area contributed by atoms with Gasteiger partial charge in [-0.2, -0.15) is 0 Å². The molecule has 0 amide bonds. The summed E-state index contributed by atoms with van der Waals surface area (Å²) in [6.45, 7) is 8.54. The predicted molar refractivity (Wildman–Crippen MR) is 73.1 cm³/mol. The summed E-state index contributed by atoms with van der Waals surface area (Å²) in [4.78, 5) is 0. The van der Waals surface area contributed by atoms with Crippen LogP contribution in [0.15, 0.2) is 16.5 Å². The van der Waals surface area contributed by atoms with Crippen LogP contribution in [0.2, 0.25) is 0 Å². The maximum atomic E-state index is 5.49. The molecule has 0 fully saturated rings. The first kappa shape index (κ1) is 14.3. The summed E-state index contributed by atoms with van der Waals surface area (Å²) >= 11 is 0. The standard InChI is InChI=1S/C15H27NO/c1-13(2)8-6-4-5-7-11-16-12-15-10-9-14(3)17-15/h9-10,13,16H,4-8,11-12H2,1-3H3. The Kier molecular flexibility index (Phi) is 7.02. The number of aryl methyl sites for hydroxylation is 1. The van der Waals surface area contributed by atoms with Gasteiger partial charge in [-0.1, -0.05) is 39.5 Å². The first-order chi connectivity index (χ1) is 8.18. The van der Waals surface area contributed by atoms with E-state index in [-0.39, 0.29) is 0 Å². The summed E-state index contributed by atoms with van der Waals surface area (Å²) in [6.07, 6.45) is 6.75. The summed E-state index contributed by atoms with van der Waals surface area (Å²) in [5.74, 6) is 2.90. The zero-order valence-corrected chi connectivity index (χ0v) is 11.6. The summed E-state index contributed by atoms with van der Waals surface area (Å²) in [6, 6.07) is 4.06. The molecule has 0 atom stereocenters. The third-order valence-corrected chi connectivity index (χ3v) is 2.98. The zero-order chi connectivity index (χ0) is 12.5. The minimum atomic E-state index is 0.857. The van der Waals surface area contributed by atoms with Crippen molar-refractivity contribution < 1.29 is 4.42 Å². The lowest BCUT2D eigenvalue weighted by molar-refractivity contribution is 0.456. The van der Waals surface area contributed by atoms with Gasteiger partial charge in [-0.25, -0.2) is 0 Å². The van der Waals surface area contributed by atoms with E-state index in [9.17, 15) is 0 Å². The Bertz CT molecular complexity index is 291. The number of unbranched alkanes of at least 4 members (excludes halogenated alkanes) is 3. The highest BCUT2D eigenvalue weighted by Crippen LogP contribution is 2.09. The maximum absolute atomic E-state index is 5.49. The molecule has 0 aliphatic carbocycles. The van der Waals surface area contributed by atoms with Gasteiger partial charge in [0.1, 0.15) is 11.5 Å². The molecule has 1 aromatic rings. The summed E-state index contributed by atoms with van der Waals surface area (Å²) in [5.41, 5.74) is 0. The van der Waals surface area contributed by atoms with Gasteiger partial charge in [0.05, 0.1) is 6.54 Å². The van der Waals surface area contributed by atoms with Gasteiger partial charge in [-0.15, -0.1) is 0 Å². The minimum Gasteiger partial charge on any atom is -0.465 e. The molecule has 1 N–H and O–H groups in total. The Labute approximate surface area is 106 Å². The maximum Gasteiger partial charge on any atom is 0.117 e. The first-order valence-corrected chi connectivity index (χ1v) is 6.94. The van der Waals surface area contributed by atoms with Crippen molar-refractivity contribution in [2.24, 2.45) is 5.92 Å². The van der Waals surface area contributed by atoms with E-state index < -0.39 is 0 Å². The lowest BCUT2D eigenvalue weighted by Crippen LogP contribution is -2.14. The van der Waals surface area contributed by atoms with Gasteiger partial charge in [-0.3, -0.25) is 0 Å². The van der Waals surface area contributed by atoms with Crippen LogP contribution < -0.4 is 5.32 Å². The lowest BCUT2D eigenvalue weighted by Gasteiger charge is -2.05. The van der Waals surface area contributed by atoms with E-state index in [2.05, 4.69) is 19.2 Å². The van der Waals surface area contributed by atoms with Crippen molar-refractivity contribution >= 4 is 0 Å². The molecule has 0 spiro atoms. The van der Waals surface area contributed by atoms with Gasteiger partial charge in [0.2, 0.25) is 0 Å². The van der Waals surface area contributed by atoms with E-state index in [1.54, 1.807) is 0 Å².